The van der Waals surface area contributed by atoms with Gasteiger partial charge >= 0.3 is 7.82 Å². The zero-order valence-electron chi connectivity index (χ0n) is 42.6. The zero-order valence-corrected chi connectivity index (χ0v) is 45.1. The number of thiazole rings is 2. The maximum Gasteiger partial charge on any atom is 0.477 e. The number of hydrogen-bond acceptors (Lipinski definition) is 16. The molecule has 0 unspecified atom stereocenters. The van der Waals surface area contributed by atoms with Crippen LogP contribution in [0.3, 0.4) is 0 Å². The SMILES string of the molecule is C[C@@H](c1nc(-c2ccc(C#N)cc2)cs1)[C@@](Cn1cncn1)(OCOP(=O)(OC(C)(C)C)OC(C)(C)C)c1ccc(F)cc1F.C[C@@H](c1nc(-c2ccc(C#N)cc2)cs1)[C@](O)(Cn1cncn1)c1ccc(F)cc1F. The molecule has 0 saturated carbocycles. The summed E-state index contributed by atoms with van der Waals surface area (Å²) in [5, 5.41) is 42.8. The lowest BCUT2D eigenvalue weighted by Crippen LogP contribution is -2.41. The Morgan fingerprint density at radius 2 is 1.11 bits per heavy atom. The molecule has 76 heavy (non-hydrogen) atoms. The number of rotatable bonds is 18. The second-order valence-electron chi connectivity index (χ2n) is 19.5. The average Bonchev–Trinajstić information content (AvgIpc) is 4.24. The number of ether oxygens (including phenoxy) is 1. The average molecular weight is 1100 g/mol. The van der Waals surface area contributed by atoms with Crippen LogP contribution in [-0.2, 0) is 47.2 Å². The van der Waals surface area contributed by atoms with Crippen molar-refractivity contribution >= 4 is 30.5 Å². The number of aromatic nitrogens is 8. The molecule has 0 aliphatic carbocycles. The number of nitriles is 2. The van der Waals surface area contributed by atoms with E-state index in [0.29, 0.717) is 32.5 Å². The number of aliphatic hydroxyl groups is 1. The molecule has 396 valence electrons. The molecule has 0 radical (unpaired) electrons. The fourth-order valence-corrected chi connectivity index (χ4v) is 11.6. The molecular formula is C53H53F4N10O6PS2. The van der Waals surface area contributed by atoms with E-state index in [1.54, 1.807) is 104 Å². The number of phosphoric acid groups is 1. The molecule has 23 heteroatoms. The third kappa shape index (κ3) is 13.9. The molecule has 0 aliphatic rings. The van der Waals surface area contributed by atoms with E-state index in [-0.39, 0.29) is 24.2 Å². The Kier molecular flexibility index (Phi) is 17.6. The molecule has 8 aromatic rings. The van der Waals surface area contributed by atoms with Crippen molar-refractivity contribution in [1.82, 2.24) is 39.5 Å². The van der Waals surface area contributed by atoms with Crippen LogP contribution in [0.2, 0.25) is 0 Å². The van der Waals surface area contributed by atoms with Gasteiger partial charge in [0.1, 0.15) is 59.8 Å². The van der Waals surface area contributed by atoms with Gasteiger partial charge in [-0.25, -0.2) is 51.4 Å². The minimum Gasteiger partial charge on any atom is -0.382 e. The quantitative estimate of drug-likeness (QED) is 0.0482. The Labute approximate surface area is 444 Å². The zero-order chi connectivity index (χ0) is 55.1. The van der Waals surface area contributed by atoms with Crippen LogP contribution in [0, 0.1) is 45.9 Å². The van der Waals surface area contributed by atoms with Gasteiger partial charge in [0.15, 0.2) is 6.79 Å². The Hall–Kier alpha value is -6.85. The van der Waals surface area contributed by atoms with E-state index >= 15 is 4.39 Å². The molecule has 8 rings (SSSR count). The van der Waals surface area contributed by atoms with E-state index in [0.717, 1.165) is 35.4 Å². The fourth-order valence-electron chi connectivity index (χ4n) is 7.96. The van der Waals surface area contributed by atoms with E-state index in [9.17, 15) is 22.8 Å². The summed E-state index contributed by atoms with van der Waals surface area (Å²) in [6.45, 7) is 12.9. The number of phosphoric ester groups is 1. The van der Waals surface area contributed by atoms with Gasteiger partial charge in [0.25, 0.3) is 0 Å². The lowest BCUT2D eigenvalue weighted by molar-refractivity contribution is -0.148. The summed E-state index contributed by atoms with van der Waals surface area (Å²) in [6.07, 6.45) is 5.50. The summed E-state index contributed by atoms with van der Waals surface area (Å²) in [5.74, 6) is -4.56. The van der Waals surface area contributed by atoms with E-state index < -0.39 is 72.1 Å². The standard InChI is InChI=1S/C31H36F2N5O5PS.C22H17F2N5OS/c1-21(28-37-27(16-45-28)23-10-8-22(15-34)9-11-23)31(17-38-19-35-18-36-38,25-13-12-24(32)14-26(25)33)40-20-41-44(39,42-29(2,3)4)43-30(5,6)7;1-14(21-28-20(10-31-21)16-4-2-15(9-25)3-5-16)22(30,11-29-13-26-12-27-29)18-7-6-17(23)8-19(18)24/h8-14,16,18-19,21H,17,20H2,1-7H3;2-8,10,12-14,30H,11H2,1H3/t21-,31+;14-,22+/m00/s1. The van der Waals surface area contributed by atoms with Crippen LogP contribution in [0.15, 0.2) is 121 Å². The highest BCUT2D eigenvalue weighted by atomic mass is 32.1. The summed E-state index contributed by atoms with van der Waals surface area (Å²) in [7, 11) is -4.22. The second-order valence-corrected chi connectivity index (χ2v) is 22.8. The molecule has 0 amide bonds. The summed E-state index contributed by atoms with van der Waals surface area (Å²) in [5.41, 5.74) is -1.29. The first-order chi connectivity index (χ1) is 35.9. The number of benzene rings is 4. The molecule has 0 bridgehead atoms. The summed E-state index contributed by atoms with van der Waals surface area (Å²) < 4.78 is 98.4. The maximum atomic E-state index is 15.7. The monoisotopic (exact) mass is 1100 g/mol. The molecule has 1 N–H and O–H groups in total. The van der Waals surface area contributed by atoms with Crippen LogP contribution in [0.4, 0.5) is 17.6 Å². The first-order valence-corrected chi connectivity index (χ1v) is 26.7. The minimum atomic E-state index is -4.22. The topological polar surface area (TPSA) is 209 Å². The Balaban J connectivity index is 0.000000236. The number of nitrogens with zero attached hydrogens (tertiary/aromatic N) is 10. The number of halogens is 4. The van der Waals surface area contributed by atoms with Gasteiger partial charge in [0, 0.05) is 57.0 Å². The molecule has 0 aliphatic heterocycles. The van der Waals surface area contributed by atoms with Crippen molar-refractivity contribution in [3.8, 4) is 34.7 Å². The van der Waals surface area contributed by atoms with Crippen LogP contribution >= 0.6 is 30.5 Å². The van der Waals surface area contributed by atoms with Crippen molar-refractivity contribution in [2.45, 2.75) is 103 Å². The van der Waals surface area contributed by atoms with Crippen LogP contribution in [0.5, 0.6) is 0 Å². The first-order valence-electron chi connectivity index (χ1n) is 23.4. The largest absolute Gasteiger partial charge is 0.477 e. The van der Waals surface area contributed by atoms with Crippen LogP contribution in [-0.4, -0.2) is 62.6 Å². The molecular weight excluding hydrogens is 1040 g/mol. The normalized spacial score (nSPS) is 14.4. The van der Waals surface area contributed by atoms with Gasteiger partial charge in [0.05, 0.1) is 69.0 Å². The van der Waals surface area contributed by atoms with Crippen molar-refractivity contribution < 1.29 is 45.5 Å². The smallest absolute Gasteiger partial charge is 0.382 e. The van der Waals surface area contributed by atoms with Gasteiger partial charge in [-0.05, 0) is 77.9 Å². The highest BCUT2D eigenvalue weighted by Crippen LogP contribution is 2.56. The maximum absolute atomic E-state index is 15.7. The van der Waals surface area contributed by atoms with Gasteiger partial charge in [-0.1, -0.05) is 50.2 Å². The van der Waals surface area contributed by atoms with Crippen molar-refractivity contribution in [2.75, 3.05) is 6.79 Å². The molecule has 4 aromatic carbocycles. The van der Waals surface area contributed by atoms with E-state index in [4.69, 9.17) is 33.8 Å². The van der Waals surface area contributed by atoms with E-state index in [1.807, 2.05) is 10.8 Å². The Bertz CT molecular complexity index is 3340. The fraction of sp³-hybridized carbons (Fsp3) is 0.321. The Morgan fingerprint density at radius 1 is 0.658 bits per heavy atom. The highest BCUT2D eigenvalue weighted by molar-refractivity contribution is 7.48. The van der Waals surface area contributed by atoms with Crippen molar-refractivity contribution in [2.24, 2.45) is 0 Å². The van der Waals surface area contributed by atoms with Crippen molar-refractivity contribution in [3.05, 3.63) is 177 Å². The molecule has 4 aromatic heterocycles. The lowest BCUT2D eigenvalue weighted by atomic mass is 9.81. The predicted octanol–water partition coefficient (Wildman–Crippen LogP) is 12.2. The van der Waals surface area contributed by atoms with Gasteiger partial charge in [0.2, 0.25) is 0 Å². The Morgan fingerprint density at radius 3 is 1.53 bits per heavy atom. The molecule has 4 atom stereocenters. The number of hydrogen-bond donors (Lipinski definition) is 1. The van der Waals surface area contributed by atoms with Crippen molar-refractivity contribution in [1.29, 1.82) is 10.5 Å². The lowest BCUT2D eigenvalue weighted by Gasteiger charge is -2.39. The molecule has 0 spiro atoms. The highest BCUT2D eigenvalue weighted by Gasteiger charge is 2.47. The van der Waals surface area contributed by atoms with Crippen molar-refractivity contribution in [3.63, 3.8) is 0 Å². The third-order valence-electron chi connectivity index (χ3n) is 11.6. The first kappa shape index (κ1) is 56.9. The van der Waals surface area contributed by atoms with E-state index in [2.05, 4.69) is 37.3 Å². The minimum absolute atomic E-state index is 0.00562. The summed E-state index contributed by atoms with van der Waals surface area (Å²) in [6, 6.07) is 24.4. The predicted molar refractivity (Wildman–Crippen MR) is 276 cm³/mol. The molecule has 0 saturated heterocycles. The van der Waals surface area contributed by atoms with Gasteiger partial charge < -0.3 is 9.84 Å². The molecule has 0 fully saturated rings. The summed E-state index contributed by atoms with van der Waals surface area (Å²) in [4.78, 5) is 17.4. The summed E-state index contributed by atoms with van der Waals surface area (Å²) >= 11 is 2.65. The van der Waals surface area contributed by atoms with Gasteiger partial charge in [-0.2, -0.15) is 20.7 Å². The van der Waals surface area contributed by atoms with Crippen LogP contribution < -0.4 is 0 Å². The van der Waals surface area contributed by atoms with Gasteiger partial charge in [-0.15, -0.1) is 22.7 Å². The van der Waals surface area contributed by atoms with Gasteiger partial charge in [-0.3, -0.25) is 13.6 Å². The van der Waals surface area contributed by atoms with Crippen LogP contribution in [0.1, 0.15) is 99.5 Å². The second kappa shape index (κ2) is 23.6. The van der Waals surface area contributed by atoms with E-state index in [1.165, 1.54) is 69.5 Å². The molecule has 16 nitrogen and oxygen atoms in total. The molecule has 4 heterocycles. The van der Waals surface area contributed by atoms with Crippen LogP contribution in [0.25, 0.3) is 22.5 Å². The third-order valence-corrected chi connectivity index (χ3v) is 15.7.